The minimum absolute atomic E-state index is 0.124. The van der Waals surface area contributed by atoms with E-state index in [1.807, 2.05) is 20.8 Å². The zero-order chi connectivity index (χ0) is 15.6. The summed E-state index contributed by atoms with van der Waals surface area (Å²) in [5.41, 5.74) is 7.79. The summed E-state index contributed by atoms with van der Waals surface area (Å²) in [6.07, 6.45) is 3.31. The zero-order valence-electron chi connectivity index (χ0n) is 12.8. The number of nitrogens with zero attached hydrogens (tertiary/aromatic N) is 3. The lowest BCUT2D eigenvalue weighted by Crippen LogP contribution is -2.27. The Morgan fingerprint density at radius 1 is 1.19 bits per heavy atom. The second kappa shape index (κ2) is 5.52. The molecule has 2 rings (SSSR count). The van der Waals surface area contributed by atoms with Crippen LogP contribution in [0.25, 0.3) is 0 Å². The number of nitrogens with two attached hydrogens (primary N) is 1. The van der Waals surface area contributed by atoms with Crippen LogP contribution in [0.4, 0.5) is 11.5 Å². The molecule has 1 amide bonds. The zero-order valence-corrected chi connectivity index (χ0v) is 12.8. The number of anilines is 2. The van der Waals surface area contributed by atoms with Gasteiger partial charge in [-0.1, -0.05) is 20.8 Å². The Morgan fingerprint density at radius 2 is 1.81 bits per heavy atom. The van der Waals surface area contributed by atoms with Crippen molar-refractivity contribution in [3.05, 3.63) is 47.9 Å². The predicted molar refractivity (Wildman–Crippen MR) is 84.3 cm³/mol. The van der Waals surface area contributed by atoms with E-state index >= 15 is 0 Å². The van der Waals surface area contributed by atoms with Crippen LogP contribution in [0.1, 0.15) is 36.8 Å². The first-order chi connectivity index (χ1) is 9.79. The van der Waals surface area contributed by atoms with Crippen LogP contribution in [0.15, 0.2) is 36.7 Å². The first-order valence-electron chi connectivity index (χ1n) is 6.75. The summed E-state index contributed by atoms with van der Waals surface area (Å²) in [6, 6.07) is 6.98. The Labute approximate surface area is 124 Å². The molecule has 0 radical (unpaired) electrons. The van der Waals surface area contributed by atoms with Crippen molar-refractivity contribution >= 4 is 17.4 Å². The third-order valence-electron chi connectivity index (χ3n) is 3.22. The van der Waals surface area contributed by atoms with E-state index in [1.54, 1.807) is 48.6 Å². The molecule has 2 N–H and O–H groups in total. The highest BCUT2D eigenvalue weighted by Gasteiger charge is 2.20. The molecule has 0 atom stereocenters. The molecule has 21 heavy (non-hydrogen) atoms. The van der Waals surface area contributed by atoms with Crippen molar-refractivity contribution in [2.45, 2.75) is 26.2 Å². The maximum Gasteiger partial charge on any atom is 0.258 e. The number of aromatic nitrogens is 2. The summed E-state index contributed by atoms with van der Waals surface area (Å²) in [7, 11) is 1.73. The molecule has 0 aliphatic rings. The fourth-order valence-electron chi connectivity index (χ4n) is 1.94. The predicted octanol–water partition coefficient (Wildman–Crippen LogP) is 2.63. The molecule has 2 heterocycles. The van der Waals surface area contributed by atoms with Gasteiger partial charge in [0.15, 0.2) is 0 Å². The van der Waals surface area contributed by atoms with Gasteiger partial charge in [0.1, 0.15) is 5.82 Å². The highest BCUT2D eigenvalue weighted by atomic mass is 16.2. The number of carbonyl (C=O) groups is 1. The molecule has 0 saturated carbocycles. The number of carbonyl (C=O) groups excluding carboxylic acids is 1. The van der Waals surface area contributed by atoms with Crippen LogP contribution in [0.3, 0.4) is 0 Å². The Hall–Kier alpha value is -2.43. The standard InChI is InChI=1S/C16H20N4O/c1-16(2,3)13-9-11(10-14(17)19-13)15(21)20(4)12-5-7-18-8-6-12/h5-10H,1-4H3,(H2,17,19). The Bertz CT molecular complexity index is 647. The summed E-state index contributed by atoms with van der Waals surface area (Å²) < 4.78 is 0. The third kappa shape index (κ3) is 3.37. The smallest absolute Gasteiger partial charge is 0.258 e. The minimum Gasteiger partial charge on any atom is -0.384 e. The average Bonchev–Trinajstić information content (AvgIpc) is 2.45. The second-order valence-corrected chi connectivity index (χ2v) is 5.99. The molecule has 0 aromatic carbocycles. The van der Waals surface area contributed by atoms with Crippen LogP contribution in [-0.4, -0.2) is 22.9 Å². The van der Waals surface area contributed by atoms with Gasteiger partial charge in [-0.3, -0.25) is 9.78 Å². The monoisotopic (exact) mass is 284 g/mol. The van der Waals surface area contributed by atoms with Crippen LogP contribution in [0.5, 0.6) is 0 Å². The van der Waals surface area contributed by atoms with Crippen molar-refractivity contribution < 1.29 is 4.79 Å². The van der Waals surface area contributed by atoms with E-state index in [4.69, 9.17) is 5.73 Å². The molecule has 2 aromatic rings. The van der Waals surface area contributed by atoms with E-state index in [9.17, 15) is 4.79 Å². The fourth-order valence-corrected chi connectivity index (χ4v) is 1.94. The third-order valence-corrected chi connectivity index (χ3v) is 3.22. The van der Waals surface area contributed by atoms with Gasteiger partial charge in [0.25, 0.3) is 5.91 Å². The Balaban J connectivity index is 2.38. The number of amides is 1. The molecule has 5 nitrogen and oxygen atoms in total. The van der Waals surface area contributed by atoms with Crippen molar-refractivity contribution in [2.75, 3.05) is 17.7 Å². The second-order valence-electron chi connectivity index (χ2n) is 5.99. The van der Waals surface area contributed by atoms with Crippen molar-refractivity contribution in [2.24, 2.45) is 0 Å². The molecule has 0 fully saturated rings. The highest BCUT2D eigenvalue weighted by Crippen LogP contribution is 2.23. The maximum absolute atomic E-state index is 12.6. The van der Waals surface area contributed by atoms with Gasteiger partial charge >= 0.3 is 0 Å². The molecular formula is C16H20N4O. The van der Waals surface area contributed by atoms with E-state index in [0.717, 1.165) is 11.4 Å². The molecule has 0 bridgehead atoms. The topological polar surface area (TPSA) is 72.1 Å². The van der Waals surface area contributed by atoms with Crippen LogP contribution >= 0.6 is 0 Å². The van der Waals surface area contributed by atoms with Crippen LogP contribution in [0.2, 0.25) is 0 Å². The van der Waals surface area contributed by atoms with Crippen molar-refractivity contribution in [1.29, 1.82) is 0 Å². The molecule has 2 aromatic heterocycles. The normalized spacial score (nSPS) is 11.2. The molecule has 0 aliphatic carbocycles. The summed E-state index contributed by atoms with van der Waals surface area (Å²) in [6.45, 7) is 6.11. The molecule has 110 valence electrons. The SMILES string of the molecule is CN(C(=O)c1cc(N)nc(C(C)(C)C)c1)c1ccncc1. The molecular weight excluding hydrogens is 264 g/mol. The van der Waals surface area contributed by atoms with Crippen LogP contribution in [-0.2, 0) is 5.41 Å². The molecule has 5 heteroatoms. The fraction of sp³-hybridized carbons (Fsp3) is 0.312. The van der Waals surface area contributed by atoms with E-state index in [0.29, 0.717) is 11.4 Å². The molecule has 0 unspecified atom stereocenters. The summed E-state index contributed by atoms with van der Waals surface area (Å²) in [4.78, 5) is 22.4. The van der Waals surface area contributed by atoms with Gasteiger partial charge in [-0.25, -0.2) is 4.98 Å². The quantitative estimate of drug-likeness (QED) is 0.920. The summed E-state index contributed by atoms with van der Waals surface area (Å²) >= 11 is 0. The number of pyridine rings is 2. The van der Waals surface area contributed by atoms with Gasteiger partial charge in [-0.05, 0) is 24.3 Å². The lowest BCUT2D eigenvalue weighted by molar-refractivity contribution is 0.0993. The van der Waals surface area contributed by atoms with Gasteiger partial charge in [0.05, 0.1) is 0 Å². The number of nitrogen functional groups attached to an aromatic ring is 1. The van der Waals surface area contributed by atoms with Crippen molar-refractivity contribution in [1.82, 2.24) is 9.97 Å². The van der Waals surface area contributed by atoms with E-state index < -0.39 is 0 Å². The van der Waals surface area contributed by atoms with Gasteiger partial charge in [0, 0.05) is 41.8 Å². The molecule has 0 saturated heterocycles. The van der Waals surface area contributed by atoms with Gasteiger partial charge in [-0.2, -0.15) is 0 Å². The minimum atomic E-state index is -0.167. The lowest BCUT2D eigenvalue weighted by atomic mass is 9.90. The van der Waals surface area contributed by atoms with Crippen molar-refractivity contribution in [3.8, 4) is 0 Å². The largest absolute Gasteiger partial charge is 0.384 e. The number of hydrogen-bond acceptors (Lipinski definition) is 4. The summed E-state index contributed by atoms with van der Waals surface area (Å²) in [5.74, 6) is 0.231. The summed E-state index contributed by atoms with van der Waals surface area (Å²) in [5, 5.41) is 0. The van der Waals surface area contributed by atoms with Gasteiger partial charge in [-0.15, -0.1) is 0 Å². The van der Waals surface area contributed by atoms with Crippen LogP contribution in [0, 0.1) is 0 Å². The van der Waals surface area contributed by atoms with E-state index in [2.05, 4.69) is 9.97 Å². The Kier molecular flexibility index (Phi) is 3.93. The first-order valence-corrected chi connectivity index (χ1v) is 6.75. The van der Waals surface area contributed by atoms with Gasteiger partial charge in [0.2, 0.25) is 0 Å². The van der Waals surface area contributed by atoms with Gasteiger partial charge < -0.3 is 10.6 Å². The number of hydrogen-bond donors (Lipinski definition) is 1. The molecule has 0 spiro atoms. The van der Waals surface area contributed by atoms with Crippen LogP contribution < -0.4 is 10.6 Å². The molecule has 0 aliphatic heterocycles. The maximum atomic E-state index is 12.6. The first kappa shape index (κ1) is 15.0. The highest BCUT2D eigenvalue weighted by molar-refractivity contribution is 6.06. The number of rotatable bonds is 2. The Morgan fingerprint density at radius 3 is 2.38 bits per heavy atom. The lowest BCUT2D eigenvalue weighted by Gasteiger charge is -2.21. The van der Waals surface area contributed by atoms with E-state index in [1.165, 1.54) is 0 Å². The van der Waals surface area contributed by atoms with E-state index in [-0.39, 0.29) is 11.3 Å². The van der Waals surface area contributed by atoms with Crippen molar-refractivity contribution in [3.63, 3.8) is 0 Å². The average molecular weight is 284 g/mol.